The van der Waals surface area contributed by atoms with E-state index in [1.165, 1.54) is 24.3 Å². The molecule has 1 saturated carbocycles. The number of hydrogen-bond donors (Lipinski definition) is 1. The van der Waals surface area contributed by atoms with Crippen LogP contribution in [0.5, 0.6) is 0 Å². The van der Waals surface area contributed by atoms with Crippen LogP contribution >= 0.6 is 0 Å². The summed E-state index contributed by atoms with van der Waals surface area (Å²) < 4.78 is 5.37. The number of benzene rings is 2. The highest BCUT2D eigenvalue weighted by molar-refractivity contribution is 5.92. The van der Waals surface area contributed by atoms with Crippen molar-refractivity contribution in [1.29, 1.82) is 0 Å². The Morgan fingerprint density at radius 3 is 2.33 bits per heavy atom. The summed E-state index contributed by atoms with van der Waals surface area (Å²) in [6.07, 6.45) is 3.74. The Hall–Kier alpha value is -3.66. The number of nitrogens with one attached hydrogen (secondary N) is 1. The lowest BCUT2D eigenvalue weighted by molar-refractivity contribution is -0.384. The Morgan fingerprint density at radius 1 is 1.03 bits per heavy atom. The second-order valence-electron chi connectivity index (χ2n) is 7.09. The fourth-order valence-corrected chi connectivity index (χ4v) is 3.35. The van der Waals surface area contributed by atoms with Gasteiger partial charge >= 0.3 is 5.97 Å². The van der Waals surface area contributed by atoms with Crippen LogP contribution in [0.2, 0.25) is 0 Å². The quantitative estimate of drug-likeness (QED) is 0.353. The van der Waals surface area contributed by atoms with Crippen molar-refractivity contribution in [2.75, 3.05) is 0 Å². The highest BCUT2D eigenvalue weighted by Gasteiger charge is 2.27. The van der Waals surface area contributed by atoms with Gasteiger partial charge in [0.15, 0.2) is 0 Å². The molecule has 3 rings (SSSR count). The molecule has 1 atom stereocenters. The molecule has 1 fully saturated rings. The molecule has 7 nitrogen and oxygen atoms in total. The highest BCUT2D eigenvalue weighted by atomic mass is 16.6. The van der Waals surface area contributed by atoms with Crippen LogP contribution in [-0.4, -0.2) is 22.8 Å². The van der Waals surface area contributed by atoms with Crippen LogP contribution in [0.25, 0.3) is 0 Å². The van der Waals surface area contributed by atoms with Gasteiger partial charge < -0.3 is 10.1 Å². The minimum atomic E-state index is -1.23. The molecule has 0 aliphatic heterocycles. The van der Waals surface area contributed by atoms with Gasteiger partial charge in [0.05, 0.1) is 4.92 Å². The Kier molecular flexibility index (Phi) is 7.17. The molecule has 0 bridgehead atoms. The predicted molar refractivity (Wildman–Crippen MR) is 110 cm³/mol. The van der Waals surface area contributed by atoms with Gasteiger partial charge in [0, 0.05) is 35.2 Å². The Labute approximate surface area is 174 Å². The van der Waals surface area contributed by atoms with Crippen LogP contribution in [-0.2, 0) is 14.3 Å². The normalized spacial score (nSPS) is 14.7. The van der Waals surface area contributed by atoms with E-state index in [1.54, 1.807) is 24.3 Å². The fourth-order valence-electron chi connectivity index (χ4n) is 3.35. The number of non-ortho nitro benzene ring substituents is 1. The van der Waals surface area contributed by atoms with Gasteiger partial charge in [0.1, 0.15) is 0 Å². The molecular formula is C23H22N2O5. The first-order chi connectivity index (χ1) is 14.5. The van der Waals surface area contributed by atoms with Crippen molar-refractivity contribution in [3.8, 4) is 11.8 Å². The third kappa shape index (κ3) is 5.92. The van der Waals surface area contributed by atoms with Gasteiger partial charge in [-0.3, -0.25) is 14.9 Å². The number of nitro benzene ring substituents is 1. The van der Waals surface area contributed by atoms with Gasteiger partial charge in [-0.25, -0.2) is 4.79 Å². The van der Waals surface area contributed by atoms with Crippen molar-refractivity contribution in [2.45, 2.75) is 44.2 Å². The third-order valence-electron chi connectivity index (χ3n) is 4.90. The maximum Gasteiger partial charge on any atom is 0.385 e. The smallest absolute Gasteiger partial charge is 0.385 e. The molecule has 30 heavy (non-hydrogen) atoms. The summed E-state index contributed by atoms with van der Waals surface area (Å²) in [7, 11) is 0. The third-order valence-corrected chi connectivity index (χ3v) is 4.90. The maximum atomic E-state index is 12.9. The van der Waals surface area contributed by atoms with E-state index in [1.807, 2.05) is 6.07 Å². The van der Waals surface area contributed by atoms with Crippen LogP contribution in [0.3, 0.4) is 0 Å². The average Bonchev–Trinajstić information content (AvgIpc) is 2.77. The molecule has 2 aromatic rings. The number of carbonyl (C=O) groups is 2. The van der Waals surface area contributed by atoms with Crippen molar-refractivity contribution in [1.82, 2.24) is 5.32 Å². The van der Waals surface area contributed by atoms with Crippen LogP contribution in [0, 0.1) is 22.0 Å². The zero-order chi connectivity index (χ0) is 21.3. The number of hydrogen-bond acceptors (Lipinski definition) is 5. The maximum absolute atomic E-state index is 12.9. The molecule has 1 N–H and O–H groups in total. The van der Waals surface area contributed by atoms with Gasteiger partial charge in [-0.2, -0.15) is 0 Å². The number of esters is 1. The zero-order valence-electron chi connectivity index (χ0n) is 16.4. The van der Waals surface area contributed by atoms with Crippen LogP contribution in [0.4, 0.5) is 5.69 Å². The van der Waals surface area contributed by atoms with Crippen LogP contribution < -0.4 is 5.32 Å². The van der Waals surface area contributed by atoms with Crippen molar-refractivity contribution < 1.29 is 19.2 Å². The largest absolute Gasteiger partial charge is 0.438 e. The first-order valence-corrected chi connectivity index (χ1v) is 9.85. The number of carbonyl (C=O) groups excluding carboxylic acids is 2. The molecule has 0 spiro atoms. The molecule has 0 heterocycles. The van der Waals surface area contributed by atoms with Gasteiger partial charge in [-0.1, -0.05) is 43.4 Å². The van der Waals surface area contributed by atoms with E-state index in [2.05, 4.69) is 17.2 Å². The lowest BCUT2D eigenvalue weighted by atomic mass is 9.95. The van der Waals surface area contributed by atoms with Gasteiger partial charge in [-0.15, -0.1) is 0 Å². The monoisotopic (exact) mass is 406 g/mol. The minimum Gasteiger partial charge on any atom is -0.438 e. The lowest BCUT2D eigenvalue weighted by Crippen LogP contribution is -2.40. The van der Waals surface area contributed by atoms with Crippen molar-refractivity contribution in [2.24, 2.45) is 0 Å². The first-order valence-electron chi connectivity index (χ1n) is 9.85. The number of amides is 1. The van der Waals surface area contributed by atoms with Crippen LogP contribution in [0.1, 0.15) is 49.3 Å². The van der Waals surface area contributed by atoms with Gasteiger partial charge in [-0.05, 0) is 37.1 Å². The van der Waals surface area contributed by atoms with Crippen molar-refractivity contribution >= 4 is 17.6 Å². The molecular weight excluding hydrogens is 384 g/mol. The molecule has 7 heteroatoms. The number of nitro groups is 1. The minimum absolute atomic E-state index is 0.0286. The summed E-state index contributed by atoms with van der Waals surface area (Å²) in [4.78, 5) is 35.5. The number of rotatable bonds is 5. The summed E-state index contributed by atoms with van der Waals surface area (Å²) in [6.45, 7) is 0. The van der Waals surface area contributed by atoms with E-state index in [9.17, 15) is 19.7 Å². The second kappa shape index (κ2) is 10.2. The summed E-state index contributed by atoms with van der Waals surface area (Å²) >= 11 is 0. The SMILES string of the molecule is O=C(C#Cc1ccccc1)OC(C(=O)NC1CCCCC1)c1ccc([N+](=O)[O-])cc1. The topological polar surface area (TPSA) is 98.5 Å². The predicted octanol–water partition coefficient (Wildman–Crippen LogP) is 3.68. The van der Waals surface area contributed by atoms with Crippen molar-refractivity contribution in [3.63, 3.8) is 0 Å². The molecule has 0 radical (unpaired) electrons. The molecule has 2 aromatic carbocycles. The van der Waals surface area contributed by atoms with E-state index in [-0.39, 0.29) is 11.7 Å². The Balaban J connectivity index is 1.77. The molecule has 1 amide bonds. The first kappa shape index (κ1) is 21.1. The van der Waals surface area contributed by atoms with E-state index in [0.29, 0.717) is 11.1 Å². The second-order valence-corrected chi connectivity index (χ2v) is 7.09. The molecule has 1 aliphatic rings. The Morgan fingerprint density at radius 2 is 1.70 bits per heavy atom. The molecule has 1 aliphatic carbocycles. The van der Waals surface area contributed by atoms with E-state index in [0.717, 1.165) is 32.1 Å². The van der Waals surface area contributed by atoms with Gasteiger partial charge in [0.25, 0.3) is 11.6 Å². The number of ether oxygens (including phenoxy) is 1. The lowest BCUT2D eigenvalue weighted by Gasteiger charge is -2.25. The van der Waals surface area contributed by atoms with Crippen LogP contribution in [0.15, 0.2) is 54.6 Å². The van der Waals surface area contributed by atoms with E-state index < -0.39 is 22.9 Å². The molecule has 0 aromatic heterocycles. The molecule has 154 valence electrons. The van der Waals surface area contributed by atoms with E-state index in [4.69, 9.17) is 4.74 Å². The molecule has 0 saturated heterocycles. The number of nitrogens with zero attached hydrogens (tertiary/aromatic N) is 1. The van der Waals surface area contributed by atoms with Crippen molar-refractivity contribution in [3.05, 3.63) is 75.8 Å². The summed E-state index contributed by atoms with van der Waals surface area (Å²) in [5.41, 5.74) is 0.886. The average molecular weight is 406 g/mol. The zero-order valence-corrected chi connectivity index (χ0v) is 16.4. The Bertz CT molecular complexity index is 955. The summed E-state index contributed by atoms with van der Waals surface area (Å²) in [5.74, 6) is 3.79. The van der Waals surface area contributed by atoms with E-state index >= 15 is 0 Å². The fraction of sp³-hybridized carbons (Fsp3) is 0.304. The highest BCUT2D eigenvalue weighted by Crippen LogP contribution is 2.23. The van der Waals surface area contributed by atoms with Gasteiger partial charge in [0.2, 0.25) is 6.10 Å². The summed E-state index contributed by atoms with van der Waals surface area (Å²) in [5, 5.41) is 13.8. The summed E-state index contributed by atoms with van der Waals surface area (Å²) in [6, 6.07) is 14.4. The standard InChI is InChI=1S/C23H22N2O5/c26-21(16-11-17-7-3-1-4-8-17)30-22(18-12-14-20(15-13-18)25(28)29)23(27)24-19-9-5-2-6-10-19/h1,3-4,7-8,12-15,19,22H,2,5-6,9-10H2,(H,24,27). The molecule has 1 unspecified atom stereocenters.